The van der Waals surface area contributed by atoms with Gasteiger partial charge >= 0.3 is 0 Å². The SMILES string of the molecule is Cn1cncc1CC(=O)N1CCC(c2cc(=O)[nH]c(N3CCCC3)n2)C1. The number of nitrogens with one attached hydrogen (secondary N) is 1. The summed E-state index contributed by atoms with van der Waals surface area (Å²) in [6.07, 6.45) is 6.89. The average molecular weight is 356 g/mol. The van der Waals surface area contributed by atoms with Gasteiger partial charge in [-0.25, -0.2) is 9.97 Å². The van der Waals surface area contributed by atoms with Crippen LogP contribution in [0.25, 0.3) is 0 Å². The van der Waals surface area contributed by atoms with Gasteiger partial charge in [0.1, 0.15) is 0 Å². The molecule has 26 heavy (non-hydrogen) atoms. The summed E-state index contributed by atoms with van der Waals surface area (Å²) in [4.78, 5) is 40.3. The van der Waals surface area contributed by atoms with Crippen molar-refractivity contribution in [2.24, 2.45) is 7.05 Å². The van der Waals surface area contributed by atoms with Gasteiger partial charge in [-0.2, -0.15) is 0 Å². The quantitative estimate of drug-likeness (QED) is 0.870. The summed E-state index contributed by atoms with van der Waals surface area (Å²) in [5.74, 6) is 0.888. The average Bonchev–Trinajstić information content (AvgIpc) is 3.37. The van der Waals surface area contributed by atoms with Gasteiger partial charge in [-0.05, 0) is 19.3 Å². The van der Waals surface area contributed by atoms with E-state index in [0.717, 1.165) is 43.7 Å². The van der Waals surface area contributed by atoms with E-state index in [0.29, 0.717) is 25.5 Å². The maximum atomic E-state index is 12.6. The number of rotatable bonds is 4. The van der Waals surface area contributed by atoms with Crippen LogP contribution in [-0.4, -0.2) is 56.5 Å². The first kappa shape index (κ1) is 16.8. The summed E-state index contributed by atoms with van der Waals surface area (Å²) in [5.41, 5.74) is 1.59. The molecule has 2 aliphatic rings. The van der Waals surface area contributed by atoms with Gasteiger partial charge in [0.15, 0.2) is 0 Å². The number of anilines is 1. The fraction of sp³-hybridized carbons (Fsp3) is 0.556. The molecule has 2 saturated heterocycles. The molecule has 2 aliphatic heterocycles. The summed E-state index contributed by atoms with van der Waals surface area (Å²) in [6, 6.07) is 1.58. The Morgan fingerprint density at radius 2 is 2.12 bits per heavy atom. The molecule has 0 radical (unpaired) electrons. The third kappa shape index (κ3) is 3.36. The Kier molecular flexibility index (Phi) is 4.48. The summed E-state index contributed by atoms with van der Waals surface area (Å²) >= 11 is 0. The Morgan fingerprint density at radius 3 is 2.85 bits per heavy atom. The molecule has 4 heterocycles. The number of H-pyrrole nitrogens is 1. The van der Waals surface area contributed by atoms with Crippen molar-refractivity contribution >= 4 is 11.9 Å². The molecule has 0 saturated carbocycles. The Bertz CT molecular complexity index is 851. The van der Waals surface area contributed by atoms with Gasteiger partial charge in [0.25, 0.3) is 5.56 Å². The summed E-state index contributed by atoms with van der Waals surface area (Å²) in [6.45, 7) is 3.19. The number of aromatic amines is 1. The number of carbonyl (C=O) groups is 1. The first-order valence-electron chi connectivity index (χ1n) is 9.19. The lowest BCUT2D eigenvalue weighted by Gasteiger charge is -2.19. The van der Waals surface area contributed by atoms with Crippen LogP contribution in [0.5, 0.6) is 0 Å². The predicted octanol–water partition coefficient (Wildman–Crippen LogP) is 0.662. The number of hydrogen-bond acceptors (Lipinski definition) is 5. The van der Waals surface area contributed by atoms with Gasteiger partial charge in [-0.15, -0.1) is 0 Å². The molecule has 0 aromatic carbocycles. The molecule has 1 N–H and O–H groups in total. The molecule has 2 aromatic rings. The number of hydrogen-bond donors (Lipinski definition) is 1. The van der Waals surface area contributed by atoms with Crippen molar-refractivity contribution < 1.29 is 4.79 Å². The van der Waals surface area contributed by atoms with Crippen LogP contribution in [0.4, 0.5) is 5.95 Å². The van der Waals surface area contributed by atoms with Crippen molar-refractivity contribution in [3.8, 4) is 0 Å². The minimum absolute atomic E-state index is 0.0979. The van der Waals surface area contributed by atoms with Gasteiger partial charge in [-0.3, -0.25) is 14.6 Å². The second kappa shape index (κ2) is 6.93. The van der Waals surface area contributed by atoms with Crippen LogP contribution in [0.15, 0.2) is 23.4 Å². The lowest BCUT2D eigenvalue weighted by atomic mass is 10.1. The second-order valence-electron chi connectivity index (χ2n) is 7.19. The van der Waals surface area contributed by atoms with Crippen LogP contribution in [0, 0.1) is 0 Å². The minimum Gasteiger partial charge on any atom is -0.342 e. The molecular weight excluding hydrogens is 332 g/mol. The summed E-state index contributed by atoms with van der Waals surface area (Å²) in [7, 11) is 1.89. The zero-order chi connectivity index (χ0) is 18.1. The highest BCUT2D eigenvalue weighted by Gasteiger charge is 2.29. The highest BCUT2D eigenvalue weighted by atomic mass is 16.2. The Labute approximate surface area is 151 Å². The number of aryl methyl sites for hydroxylation is 1. The van der Waals surface area contributed by atoms with Crippen molar-refractivity contribution in [1.29, 1.82) is 0 Å². The fourth-order valence-corrected chi connectivity index (χ4v) is 3.80. The van der Waals surface area contributed by atoms with Gasteiger partial charge < -0.3 is 14.4 Å². The molecule has 4 rings (SSSR count). The maximum Gasteiger partial charge on any atom is 0.252 e. The van der Waals surface area contributed by atoms with E-state index in [1.807, 2.05) is 16.5 Å². The molecule has 1 atom stereocenters. The Balaban J connectivity index is 1.46. The molecule has 8 nitrogen and oxygen atoms in total. The maximum absolute atomic E-state index is 12.6. The standard InChI is InChI=1S/C18H24N6O2/c1-22-12-19-10-14(22)8-17(26)24-7-4-13(11-24)15-9-16(25)21-18(20-15)23-5-2-3-6-23/h9-10,12-13H,2-8,11H2,1H3,(H,20,21,25). The number of carbonyl (C=O) groups excluding carboxylic acids is 1. The largest absolute Gasteiger partial charge is 0.342 e. The van der Waals surface area contributed by atoms with E-state index in [-0.39, 0.29) is 17.4 Å². The molecule has 1 unspecified atom stereocenters. The lowest BCUT2D eigenvalue weighted by Crippen LogP contribution is -2.30. The number of likely N-dealkylation sites (tertiary alicyclic amines) is 1. The van der Waals surface area contributed by atoms with Crippen molar-refractivity contribution in [2.45, 2.75) is 31.6 Å². The number of amides is 1. The highest BCUT2D eigenvalue weighted by molar-refractivity contribution is 5.78. The minimum atomic E-state index is -0.114. The molecule has 8 heteroatoms. The van der Waals surface area contributed by atoms with Crippen LogP contribution in [-0.2, 0) is 18.3 Å². The Hall–Kier alpha value is -2.64. The van der Waals surface area contributed by atoms with E-state index < -0.39 is 0 Å². The zero-order valence-electron chi connectivity index (χ0n) is 15.0. The molecular formula is C18H24N6O2. The normalized spacial score (nSPS) is 20.1. The van der Waals surface area contributed by atoms with Crippen molar-refractivity contribution in [3.63, 3.8) is 0 Å². The molecule has 0 aliphatic carbocycles. The van der Waals surface area contributed by atoms with E-state index >= 15 is 0 Å². The van der Waals surface area contributed by atoms with Gasteiger partial charge in [0.2, 0.25) is 11.9 Å². The number of aromatic nitrogens is 4. The molecule has 138 valence electrons. The van der Waals surface area contributed by atoms with Crippen LogP contribution in [0.3, 0.4) is 0 Å². The molecule has 0 spiro atoms. The van der Waals surface area contributed by atoms with E-state index in [2.05, 4.69) is 14.9 Å². The monoisotopic (exact) mass is 356 g/mol. The summed E-state index contributed by atoms with van der Waals surface area (Å²) in [5, 5.41) is 0. The lowest BCUT2D eigenvalue weighted by molar-refractivity contribution is -0.129. The first-order valence-corrected chi connectivity index (χ1v) is 9.19. The third-order valence-electron chi connectivity index (χ3n) is 5.36. The fourth-order valence-electron chi connectivity index (χ4n) is 3.80. The van der Waals surface area contributed by atoms with E-state index in [1.165, 1.54) is 0 Å². The van der Waals surface area contributed by atoms with E-state index in [4.69, 9.17) is 4.98 Å². The summed E-state index contributed by atoms with van der Waals surface area (Å²) < 4.78 is 1.87. The Morgan fingerprint density at radius 1 is 1.31 bits per heavy atom. The van der Waals surface area contributed by atoms with Crippen LogP contribution < -0.4 is 10.5 Å². The van der Waals surface area contributed by atoms with Crippen molar-refractivity contribution in [3.05, 3.63) is 40.3 Å². The van der Waals surface area contributed by atoms with E-state index in [9.17, 15) is 9.59 Å². The second-order valence-corrected chi connectivity index (χ2v) is 7.19. The van der Waals surface area contributed by atoms with E-state index in [1.54, 1.807) is 18.6 Å². The third-order valence-corrected chi connectivity index (χ3v) is 5.36. The number of imidazole rings is 1. The number of nitrogens with zero attached hydrogens (tertiary/aromatic N) is 5. The van der Waals surface area contributed by atoms with Gasteiger partial charge in [0, 0.05) is 57.1 Å². The van der Waals surface area contributed by atoms with Gasteiger partial charge in [-0.1, -0.05) is 0 Å². The molecule has 2 fully saturated rings. The first-order chi connectivity index (χ1) is 12.6. The van der Waals surface area contributed by atoms with Crippen molar-refractivity contribution in [2.75, 3.05) is 31.1 Å². The zero-order valence-corrected chi connectivity index (χ0v) is 15.0. The van der Waals surface area contributed by atoms with Crippen LogP contribution in [0.2, 0.25) is 0 Å². The van der Waals surface area contributed by atoms with Crippen LogP contribution >= 0.6 is 0 Å². The predicted molar refractivity (Wildman–Crippen MR) is 97.2 cm³/mol. The molecule has 2 aromatic heterocycles. The topological polar surface area (TPSA) is 87.1 Å². The van der Waals surface area contributed by atoms with Crippen LogP contribution in [0.1, 0.15) is 36.6 Å². The van der Waals surface area contributed by atoms with Gasteiger partial charge in [0.05, 0.1) is 18.4 Å². The highest BCUT2D eigenvalue weighted by Crippen LogP contribution is 2.27. The smallest absolute Gasteiger partial charge is 0.252 e. The molecule has 1 amide bonds. The molecule has 0 bridgehead atoms. The van der Waals surface area contributed by atoms with Crippen molar-refractivity contribution in [1.82, 2.24) is 24.4 Å².